The van der Waals surface area contributed by atoms with Crippen molar-refractivity contribution in [2.24, 2.45) is 0 Å². The molecule has 74 heavy (non-hydrogen) atoms. The molecule has 7 rings (SSSR count). The Hall–Kier alpha value is -6.70. The second-order valence-electron chi connectivity index (χ2n) is 16.5. The molecule has 2 fully saturated rings. The van der Waals surface area contributed by atoms with Gasteiger partial charge in [-0.3, -0.25) is 38.4 Å². The smallest absolute Gasteiger partial charge is 0.303 e. The van der Waals surface area contributed by atoms with Crippen LogP contribution in [0.25, 0.3) is 40.4 Å². The summed E-state index contributed by atoms with van der Waals surface area (Å²) >= 11 is 5.73. The second kappa shape index (κ2) is 24.6. The van der Waals surface area contributed by atoms with Gasteiger partial charge in [0.2, 0.25) is 24.8 Å². The second-order valence-corrected chi connectivity index (χ2v) is 20.6. The van der Waals surface area contributed by atoms with Crippen LogP contribution in [0.4, 0.5) is 0 Å². The molecular weight excluding hydrogens is 1050 g/mol. The SMILES string of the molecule is CC(=O)OCC1O[C@@H](Oc2cc(-c3ccc(-c4cccs4)s3)c(O[C@@H]3OC(COC(C)=O)[C@H](OC(C)=O)[C@H](OC(C)=O)C3OC(C)=O)cc2-c2ccc(-c3cccs3)s2)C(OC(C)=O)[C@@H](OC(C)=O)[C@@H]1OC(C)=O. The molecule has 394 valence electrons. The Morgan fingerprint density at radius 3 is 1.04 bits per heavy atom. The summed E-state index contributed by atoms with van der Waals surface area (Å²) in [5.74, 6) is -6.31. The van der Waals surface area contributed by atoms with Gasteiger partial charge < -0.3 is 56.8 Å². The van der Waals surface area contributed by atoms with Crippen LogP contribution < -0.4 is 9.47 Å². The fraction of sp³-hybridized carbons (Fsp3) is 0.400. The summed E-state index contributed by atoms with van der Waals surface area (Å²) in [6.07, 6.45) is -15.3. The van der Waals surface area contributed by atoms with E-state index in [1.165, 1.54) is 45.3 Å². The molecule has 5 aromatic rings. The molecular formula is C50H50O20S4. The van der Waals surface area contributed by atoms with Crippen molar-refractivity contribution in [3.8, 4) is 51.9 Å². The molecule has 1 aromatic carbocycles. The Morgan fingerprint density at radius 2 is 0.730 bits per heavy atom. The van der Waals surface area contributed by atoms with E-state index in [1.54, 1.807) is 12.1 Å². The standard InChI is InChI=1S/C50H50O20S4/c1-23(51)59-21-35-43(61-25(3)53)45(63-27(5)55)47(65-29(7)57)49(69-35)67-33-19-32(38-14-16-42(74-38)40-12-10-18-72-40)34(20-31(33)37-13-15-41(73-37)39-11-9-17-71-39)68-50-48(66-30(8)58)46(64-28(6)56)44(62-26(4)54)36(70-50)22-60-24(2)52/h9-20,35-36,43-50H,21-22H2,1-8H3/t35?,36?,43-,44+,45-,46-,47?,48?,49+,50+/m0/s1. The van der Waals surface area contributed by atoms with Crippen molar-refractivity contribution in [2.75, 3.05) is 13.2 Å². The summed E-state index contributed by atoms with van der Waals surface area (Å²) in [6, 6.07) is 18.3. The molecule has 2 saturated heterocycles. The van der Waals surface area contributed by atoms with Crippen LogP contribution in [0.5, 0.6) is 11.5 Å². The van der Waals surface area contributed by atoms with Crippen molar-refractivity contribution in [1.29, 1.82) is 0 Å². The molecule has 24 heteroatoms. The molecule has 10 atom stereocenters. The summed E-state index contributed by atoms with van der Waals surface area (Å²) in [5, 5.41) is 3.85. The van der Waals surface area contributed by atoms with Crippen molar-refractivity contribution in [3.05, 3.63) is 71.4 Å². The molecule has 0 amide bonds. The number of thiophene rings is 4. The van der Waals surface area contributed by atoms with E-state index in [9.17, 15) is 38.4 Å². The third-order valence-electron chi connectivity index (χ3n) is 10.7. The van der Waals surface area contributed by atoms with Crippen LogP contribution in [0.3, 0.4) is 0 Å². The first-order chi connectivity index (χ1) is 35.2. The quantitative estimate of drug-likeness (QED) is 0.0608. The molecule has 0 saturated carbocycles. The van der Waals surface area contributed by atoms with Gasteiger partial charge in [-0.15, -0.1) is 45.3 Å². The van der Waals surface area contributed by atoms with Gasteiger partial charge in [0, 0.05) is 95.8 Å². The number of carbonyl (C=O) groups is 8. The highest BCUT2D eigenvalue weighted by Gasteiger charge is 2.55. The number of benzene rings is 1. The van der Waals surface area contributed by atoms with Crippen molar-refractivity contribution in [1.82, 2.24) is 0 Å². The van der Waals surface area contributed by atoms with E-state index in [0.29, 0.717) is 20.9 Å². The molecule has 6 heterocycles. The van der Waals surface area contributed by atoms with Crippen molar-refractivity contribution in [2.45, 2.75) is 117 Å². The predicted molar refractivity (Wildman–Crippen MR) is 265 cm³/mol. The lowest BCUT2D eigenvalue weighted by Gasteiger charge is -2.44. The zero-order valence-electron chi connectivity index (χ0n) is 40.9. The summed E-state index contributed by atoms with van der Waals surface area (Å²) < 4.78 is 71.3. The van der Waals surface area contributed by atoms with Crippen molar-refractivity contribution >= 4 is 93.1 Å². The fourth-order valence-corrected chi connectivity index (χ4v) is 11.7. The van der Waals surface area contributed by atoms with Crippen LogP contribution in [0.1, 0.15) is 55.4 Å². The van der Waals surface area contributed by atoms with Gasteiger partial charge >= 0.3 is 47.8 Å². The van der Waals surface area contributed by atoms with Gasteiger partial charge in [0.05, 0.1) is 0 Å². The minimum atomic E-state index is -1.67. The van der Waals surface area contributed by atoms with Crippen LogP contribution in [-0.4, -0.2) is 122 Å². The molecule has 0 bridgehead atoms. The topological polar surface area (TPSA) is 247 Å². The fourth-order valence-electron chi connectivity index (χ4n) is 8.03. The lowest BCUT2D eigenvalue weighted by Crippen LogP contribution is -2.63. The number of carbonyl (C=O) groups excluding carboxylic acids is 8. The highest BCUT2D eigenvalue weighted by molar-refractivity contribution is 7.24. The van der Waals surface area contributed by atoms with Gasteiger partial charge in [0.25, 0.3) is 0 Å². The van der Waals surface area contributed by atoms with Gasteiger partial charge in [0.15, 0.2) is 24.4 Å². The van der Waals surface area contributed by atoms with E-state index in [1.807, 2.05) is 59.3 Å². The number of ether oxygens (including phenoxy) is 12. The number of rotatable bonds is 18. The Kier molecular flexibility index (Phi) is 18.3. The first kappa shape index (κ1) is 55.1. The molecule has 20 nitrogen and oxygen atoms in total. The predicted octanol–water partition coefficient (Wildman–Crippen LogP) is 7.52. The Bertz CT molecular complexity index is 2640. The molecule has 0 radical (unpaired) electrons. The number of esters is 8. The van der Waals surface area contributed by atoms with Crippen molar-refractivity contribution < 1.29 is 95.2 Å². The Labute approximate surface area is 439 Å². The number of hydrogen-bond donors (Lipinski definition) is 0. The lowest BCUT2D eigenvalue weighted by atomic mass is 9.97. The first-order valence-electron chi connectivity index (χ1n) is 22.6. The maximum Gasteiger partial charge on any atom is 0.303 e. The molecule has 4 aromatic heterocycles. The van der Waals surface area contributed by atoms with Gasteiger partial charge in [0.1, 0.15) is 36.9 Å². The van der Waals surface area contributed by atoms with Crippen LogP contribution in [-0.2, 0) is 85.7 Å². The zero-order valence-corrected chi connectivity index (χ0v) is 44.2. The van der Waals surface area contributed by atoms with Crippen LogP contribution in [0.15, 0.2) is 71.4 Å². The summed E-state index contributed by atoms with van der Waals surface area (Å²) in [7, 11) is 0. The van der Waals surface area contributed by atoms with Crippen LogP contribution in [0.2, 0.25) is 0 Å². The van der Waals surface area contributed by atoms with E-state index in [4.69, 9.17) is 56.8 Å². The monoisotopic (exact) mass is 1100 g/mol. The zero-order chi connectivity index (χ0) is 53.4. The molecule has 0 aliphatic carbocycles. The van der Waals surface area contributed by atoms with E-state index in [-0.39, 0.29) is 11.5 Å². The molecule has 0 spiro atoms. The average Bonchev–Trinajstić information content (AvgIpc) is 4.17. The van der Waals surface area contributed by atoms with E-state index >= 15 is 0 Å². The highest BCUT2D eigenvalue weighted by Crippen LogP contribution is 2.49. The van der Waals surface area contributed by atoms with Gasteiger partial charge in [-0.25, -0.2) is 0 Å². The van der Waals surface area contributed by atoms with E-state index in [0.717, 1.165) is 74.9 Å². The Morgan fingerprint density at radius 1 is 0.405 bits per heavy atom. The Balaban J connectivity index is 1.45. The third kappa shape index (κ3) is 13.9. The molecule has 4 unspecified atom stereocenters. The third-order valence-corrected chi connectivity index (χ3v) is 15.1. The lowest BCUT2D eigenvalue weighted by molar-refractivity contribution is -0.288. The largest absolute Gasteiger partial charge is 0.463 e. The minimum absolute atomic E-state index is 0.0699. The van der Waals surface area contributed by atoms with Gasteiger partial charge in [-0.05, 0) is 59.3 Å². The first-order valence-corrected chi connectivity index (χ1v) is 26.0. The summed E-state index contributed by atoms with van der Waals surface area (Å²) in [6.45, 7) is 7.90. The van der Waals surface area contributed by atoms with E-state index < -0.39 is 122 Å². The van der Waals surface area contributed by atoms with E-state index in [2.05, 4.69) is 0 Å². The molecule has 2 aliphatic rings. The highest BCUT2D eigenvalue weighted by atomic mass is 32.1. The van der Waals surface area contributed by atoms with Crippen LogP contribution in [0, 0.1) is 0 Å². The summed E-state index contributed by atoms with van der Waals surface area (Å²) in [5.41, 5.74) is 0.648. The maximum absolute atomic E-state index is 12.9. The minimum Gasteiger partial charge on any atom is -0.463 e. The average molecular weight is 1100 g/mol. The van der Waals surface area contributed by atoms with Crippen LogP contribution >= 0.6 is 45.3 Å². The molecule has 2 aliphatic heterocycles. The maximum atomic E-state index is 12.9. The number of hydrogen-bond acceptors (Lipinski definition) is 24. The normalized spacial score (nSPS) is 23.3. The molecule has 0 N–H and O–H groups in total. The van der Waals surface area contributed by atoms with Crippen molar-refractivity contribution in [3.63, 3.8) is 0 Å². The summed E-state index contributed by atoms with van der Waals surface area (Å²) in [4.78, 5) is 106. The van der Waals surface area contributed by atoms with Gasteiger partial charge in [-0.2, -0.15) is 0 Å². The van der Waals surface area contributed by atoms with Gasteiger partial charge in [-0.1, -0.05) is 12.1 Å².